The number of ether oxygens (including phenoxy) is 2. The lowest BCUT2D eigenvalue weighted by Gasteiger charge is -2.25. The van der Waals surface area contributed by atoms with E-state index in [0.29, 0.717) is 36.1 Å². The summed E-state index contributed by atoms with van der Waals surface area (Å²) >= 11 is 0. The number of nitrogens with one attached hydrogen (secondary N) is 1. The van der Waals surface area contributed by atoms with Gasteiger partial charge in [-0.05, 0) is 29.7 Å². The number of hydrogen-bond acceptors (Lipinski definition) is 5. The normalized spacial score (nSPS) is 13.3. The molecule has 1 amide bonds. The van der Waals surface area contributed by atoms with Gasteiger partial charge in [-0.3, -0.25) is 9.10 Å². The molecule has 0 unspecified atom stereocenters. The van der Waals surface area contributed by atoms with Crippen molar-refractivity contribution in [2.24, 2.45) is 0 Å². The summed E-state index contributed by atoms with van der Waals surface area (Å²) in [5, 5.41) is 2.73. The van der Waals surface area contributed by atoms with Crippen molar-refractivity contribution in [1.82, 2.24) is 0 Å². The van der Waals surface area contributed by atoms with Crippen molar-refractivity contribution in [3.63, 3.8) is 0 Å². The minimum atomic E-state index is -3.65. The minimum absolute atomic E-state index is 0.112. The molecule has 2 aromatic carbocycles. The molecule has 3 rings (SSSR count). The van der Waals surface area contributed by atoms with Crippen LogP contribution in [-0.2, 0) is 14.8 Å². The zero-order valence-electron chi connectivity index (χ0n) is 16.1. The number of amides is 1. The predicted molar refractivity (Wildman–Crippen MR) is 109 cm³/mol. The Labute approximate surface area is 165 Å². The lowest BCUT2D eigenvalue weighted by Crippen LogP contribution is -2.38. The van der Waals surface area contributed by atoms with Gasteiger partial charge in [-0.25, -0.2) is 8.42 Å². The van der Waals surface area contributed by atoms with Gasteiger partial charge < -0.3 is 14.8 Å². The molecule has 2 aromatic rings. The molecule has 0 fully saturated rings. The predicted octanol–water partition coefficient (Wildman–Crippen LogP) is 2.99. The molecule has 0 saturated carbocycles. The Morgan fingerprint density at radius 3 is 2.46 bits per heavy atom. The Morgan fingerprint density at radius 2 is 1.79 bits per heavy atom. The first-order chi connectivity index (χ1) is 13.3. The Kier molecular flexibility index (Phi) is 5.79. The second-order valence-corrected chi connectivity index (χ2v) is 8.80. The van der Waals surface area contributed by atoms with Gasteiger partial charge in [-0.15, -0.1) is 0 Å². The third kappa shape index (κ3) is 4.56. The SMILES string of the molecule is CC(C)c1ccccc1N(CC(=O)Nc1ccc2c(c1)OCCO2)S(C)(=O)=O. The zero-order chi connectivity index (χ0) is 20.3. The first-order valence-electron chi connectivity index (χ1n) is 9.02. The second kappa shape index (κ2) is 8.10. The average Bonchev–Trinajstić information content (AvgIpc) is 2.65. The molecule has 28 heavy (non-hydrogen) atoms. The van der Waals surface area contributed by atoms with Gasteiger partial charge >= 0.3 is 0 Å². The molecule has 1 aliphatic heterocycles. The molecular weight excluding hydrogens is 380 g/mol. The summed E-state index contributed by atoms with van der Waals surface area (Å²) in [5.41, 5.74) is 1.89. The number of hydrogen-bond donors (Lipinski definition) is 1. The summed E-state index contributed by atoms with van der Waals surface area (Å²) in [5.74, 6) is 0.837. The highest BCUT2D eigenvalue weighted by Crippen LogP contribution is 2.33. The number of anilines is 2. The molecule has 0 saturated heterocycles. The van der Waals surface area contributed by atoms with Gasteiger partial charge in [0.2, 0.25) is 15.9 Å². The van der Waals surface area contributed by atoms with Crippen molar-refractivity contribution in [1.29, 1.82) is 0 Å². The maximum atomic E-state index is 12.6. The average molecular weight is 404 g/mol. The molecule has 0 bridgehead atoms. The minimum Gasteiger partial charge on any atom is -0.486 e. The molecule has 0 atom stereocenters. The van der Waals surface area contributed by atoms with E-state index in [1.807, 2.05) is 26.0 Å². The van der Waals surface area contributed by atoms with Crippen LogP contribution in [0.5, 0.6) is 11.5 Å². The van der Waals surface area contributed by atoms with Crippen LogP contribution in [0.4, 0.5) is 11.4 Å². The molecular formula is C20H24N2O5S. The van der Waals surface area contributed by atoms with Gasteiger partial charge in [-0.1, -0.05) is 32.0 Å². The lowest BCUT2D eigenvalue weighted by atomic mass is 10.0. The number of rotatable bonds is 6. The molecule has 8 heteroatoms. The van der Waals surface area contributed by atoms with Crippen LogP contribution in [0.1, 0.15) is 25.3 Å². The van der Waals surface area contributed by atoms with Crippen molar-refractivity contribution in [3.8, 4) is 11.5 Å². The highest BCUT2D eigenvalue weighted by molar-refractivity contribution is 7.92. The van der Waals surface area contributed by atoms with E-state index < -0.39 is 15.9 Å². The van der Waals surface area contributed by atoms with Crippen LogP contribution >= 0.6 is 0 Å². The summed E-state index contributed by atoms with van der Waals surface area (Å²) < 4.78 is 36.9. The van der Waals surface area contributed by atoms with Crippen LogP contribution in [0.25, 0.3) is 0 Å². The molecule has 0 aromatic heterocycles. The number of benzene rings is 2. The fraction of sp³-hybridized carbons (Fsp3) is 0.350. The maximum absolute atomic E-state index is 12.6. The van der Waals surface area contributed by atoms with Crippen molar-refractivity contribution in [2.75, 3.05) is 35.6 Å². The summed E-state index contributed by atoms with van der Waals surface area (Å²) in [7, 11) is -3.65. The largest absolute Gasteiger partial charge is 0.486 e. The summed E-state index contributed by atoms with van der Waals surface area (Å²) in [6, 6.07) is 12.3. The van der Waals surface area contributed by atoms with Crippen LogP contribution in [-0.4, -0.2) is 40.3 Å². The highest BCUT2D eigenvalue weighted by atomic mass is 32.2. The topological polar surface area (TPSA) is 84.9 Å². The van der Waals surface area contributed by atoms with Gasteiger partial charge in [0, 0.05) is 11.8 Å². The second-order valence-electron chi connectivity index (χ2n) is 6.89. The van der Waals surface area contributed by atoms with Crippen molar-refractivity contribution in [2.45, 2.75) is 19.8 Å². The number of carbonyl (C=O) groups is 1. The van der Waals surface area contributed by atoms with Gasteiger partial charge in [0.1, 0.15) is 19.8 Å². The number of sulfonamides is 1. The van der Waals surface area contributed by atoms with E-state index in [1.54, 1.807) is 30.3 Å². The van der Waals surface area contributed by atoms with E-state index in [0.717, 1.165) is 16.1 Å². The Balaban J connectivity index is 1.82. The smallest absolute Gasteiger partial charge is 0.245 e. The van der Waals surface area contributed by atoms with E-state index in [1.165, 1.54) is 0 Å². The third-order valence-corrected chi connectivity index (χ3v) is 5.47. The lowest BCUT2D eigenvalue weighted by molar-refractivity contribution is -0.114. The van der Waals surface area contributed by atoms with Crippen LogP contribution in [0.3, 0.4) is 0 Å². The molecule has 1 heterocycles. The summed E-state index contributed by atoms with van der Waals surface area (Å²) in [4.78, 5) is 12.6. The van der Waals surface area contributed by atoms with E-state index in [-0.39, 0.29) is 12.5 Å². The van der Waals surface area contributed by atoms with Crippen LogP contribution in [0, 0.1) is 0 Å². The Morgan fingerprint density at radius 1 is 1.11 bits per heavy atom. The van der Waals surface area contributed by atoms with Crippen molar-refractivity contribution in [3.05, 3.63) is 48.0 Å². The summed E-state index contributed by atoms with van der Waals surface area (Å²) in [6.45, 7) is 4.57. The standard InChI is InChI=1S/C20H24N2O5S/c1-14(2)16-6-4-5-7-17(16)22(28(3,24)25)13-20(23)21-15-8-9-18-19(12-15)27-11-10-26-18/h4-9,12,14H,10-11,13H2,1-3H3,(H,21,23). The number of nitrogens with zero attached hydrogens (tertiary/aromatic N) is 1. The maximum Gasteiger partial charge on any atom is 0.245 e. The molecule has 1 N–H and O–H groups in total. The first kappa shape index (κ1) is 20.0. The number of fused-ring (bicyclic) bond motifs is 1. The molecule has 0 aliphatic carbocycles. The van der Waals surface area contributed by atoms with Crippen LogP contribution < -0.4 is 19.1 Å². The van der Waals surface area contributed by atoms with Crippen LogP contribution in [0.2, 0.25) is 0 Å². The molecule has 0 radical (unpaired) electrons. The third-order valence-electron chi connectivity index (χ3n) is 4.34. The van der Waals surface area contributed by atoms with Gasteiger partial charge in [0.25, 0.3) is 0 Å². The fourth-order valence-electron chi connectivity index (χ4n) is 3.04. The molecule has 1 aliphatic rings. The van der Waals surface area contributed by atoms with Gasteiger partial charge in [0.15, 0.2) is 11.5 Å². The molecule has 7 nitrogen and oxygen atoms in total. The highest BCUT2D eigenvalue weighted by Gasteiger charge is 2.24. The first-order valence-corrected chi connectivity index (χ1v) is 10.9. The summed E-state index contributed by atoms with van der Waals surface area (Å²) in [6.07, 6.45) is 1.10. The van der Waals surface area contributed by atoms with E-state index in [2.05, 4.69) is 5.32 Å². The molecule has 150 valence electrons. The van der Waals surface area contributed by atoms with E-state index in [4.69, 9.17) is 9.47 Å². The molecule has 0 spiro atoms. The van der Waals surface area contributed by atoms with Gasteiger partial charge in [0.05, 0.1) is 11.9 Å². The van der Waals surface area contributed by atoms with E-state index in [9.17, 15) is 13.2 Å². The van der Waals surface area contributed by atoms with E-state index >= 15 is 0 Å². The number of carbonyl (C=O) groups excluding carboxylic acids is 1. The monoisotopic (exact) mass is 404 g/mol. The van der Waals surface area contributed by atoms with Gasteiger partial charge in [-0.2, -0.15) is 0 Å². The Bertz CT molecular complexity index is 972. The number of para-hydroxylation sites is 1. The quantitative estimate of drug-likeness (QED) is 0.800. The zero-order valence-corrected chi connectivity index (χ0v) is 17.0. The van der Waals surface area contributed by atoms with Crippen molar-refractivity contribution < 1.29 is 22.7 Å². The fourth-order valence-corrected chi connectivity index (χ4v) is 3.91. The van der Waals surface area contributed by atoms with Crippen LogP contribution in [0.15, 0.2) is 42.5 Å². The Hall–Kier alpha value is -2.74. The van der Waals surface area contributed by atoms with Crippen molar-refractivity contribution >= 4 is 27.3 Å².